The van der Waals surface area contributed by atoms with Gasteiger partial charge in [0.05, 0.1) is 0 Å². The van der Waals surface area contributed by atoms with E-state index in [1.165, 1.54) is 0 Å². The Bertz CT molecular complexity index is 176. The van der Waals surface area contributed by atoms with Gasteiger partial charge in [-0.1, -0.05) is 5.92 Å². The molecule has 0 aliphatic heterocycles. The molecule has 0 bridgehead atoms. The zero-order chi connectivity index (χ0) is 8.20. The van der Waals surface area contributed by atoms with E-state index in [0.717, 1.165) is 0 Å². The van der Waals surface area contributed by atoms with E-state index in [9.17, 15) is 4.79 Å². The summed E-state index contributed by atoms with van der Waals surface area (Å²) < 4.78 is 4.87. The molecule has 10 heavy (non-hydrogen) atoms. The fourth-order valence-electron chi connectivity index (χ4n) is 0.406. The summed E-state index contributed by atoms with van der Waals surface area (Å²) in [5.41, 5.74) is -0.430. The van der Waals surface area contributed by atoms with Crippen molar-refractivity contribution in [3.63, 3.8) is 0 Å². The largest absolute Gasteiger partial charge is 0.450 e. The SMILES string of the molecule is CC#CC(=O)OC(C)(C)C. The van der Waals surface area contributed by atoms with Gasteiger partial charge in [0.15, 0.2) is 0 Å². The third-order valence-electron chi connectivity index (χ3n) is 0.626. The smallest absolute Gasteiger partial charge is 0.384 e. The van der Waals surface area contributed by atoms with Gasteiger partial charge in [0.2, 0.25) is 0 Å². The predicted molar refractivity (Wildman–Crippen MR) is 39.3 cm³/mol. The molecule has 0 heterocycles. The first kappa shape index (κ1) is 9.03. The maximum Gasteiger partial charge on any atom is 0.384 e. The zero-order valence-electron chi connectivity index (χ0n) is 6.82. The highest BCUT2D eigenvalue weighted by Crippen LogP contribution is 2.05. The van der Waals surface area contributed by atoms with E-state index in [-0.39, 0.29) is 0 Å². The molecule has 0 saturated carbocycles. The molecule has 0 aromatic carbocycles. The number of hydrogen-bond acceptors (Lipinski definition) is 2. The van der Waals surface area contributed by atoms with Crippen molar-refractivity contribution in [2.75, 3.05) is 0 Å². The highest BCUT2D eigenvalue weighted by atomic mass is 16.6. The number of rotatable bonds is 0. The van der Waals surface area contributed by atoms with Gasteiger partial charge in [-0.05, 0) is 27.7 Å². The molecule has 0 aromatic rings. The molecular weight excluding hydrogens is 128 g/mol. The molecular formula is C8H12O2. The van der Waals surface area contributed by atoms with Crippen LogP contribution in [0.3, 0.4) is 0 Å². The fraction of sp³-hybridized carbons (Fsp3) is 0.625. The zero-order valence-corrected chi connectivity index (χ0v) is 6.82. The lowest BCUT2D eigenvalue weighted by atomic mass is 10.2. The Morgan fingerprint density at radius 1 is 1.40 bits per heavy atom. The summed E-state index contributed by atoms with van der Waals surface area (Å²) in [6, 6.07) is 0. The van der Waals surface area contributed by atoms with E-state index in [4.69, 9.17) is 4.74 Å². The van der Waals surface area contributed by atoms with Crippen molar-refractivity contribution in [3.8, 4) is 11.8 Å². The predicted octanol–water partition coefficient (Wildman–Crippen LogP) is 1.35. The molecule has 56 valence electrons. The molecule has 0 atom stereocenters. The molecule has 0 spiro atoms. The average Bonchev–Trinajstić information content (AvgIpc) is 1.59. The molecule has 0 aliphatic rings. The van der Waals surface area contributed by atoms with E-state index < -0.39 is 11.6 Å². The molecule has 0 rings (SSSR count). The normalized spacial score (nSPS) is 9.60. The van der Waals surface area contributed by atoms with Crippen molar-refractivity contribution >= 4 is 5.97 Å². The Kier molecular flexibility index (Phi) is 2.95. The highest BCUT2D eigenvalue weighted by molar-refractivity contribution is 5.88. The van der Waals surface area contributed by atoms with Crippen LogP contribution in [0.4, 0.5) is 0 Å². The van der Waals surface area contributed by atoms with E-state index in [0.29, 0.717) is 0 Å². The highest BCUT2D eigenvalue weighted by Gasteiger charge is 2.13. The first-order valence-corrected chi connectivity index (χ1v) is 3.11. The Hall–Kier alpha value is -0.970. The van der Waals surface area contributed by atoms with Gasteiger partial charge < -0.3 is 4.74 Å². The van der Waals surface area contributed by atoms with E-state index in [1.807, 2.05) is 20.8 Å². The maximum atomic E-state index is 10.7. The molecule has 0 radical (unpaired) electrons. The van der Waals surface area contributed by atoms with Crippen molar-refractivity contribution in [1.29, 1.82) is 0 Å². The van der Waals surface area contributed by atoms with Gasteiger partial charge in [-0.3, -0.25) is 0 Å². The van der Waals surface area contributed by atoms with Gasteiger partial charge in [-0.15, -0.1) is 0 Å². The van der Waals surface area contributed by atoms with Crippen LogP contribution in [0.5, 0.6) is 0 Å². The van der Waals surface area contributed by atoms with Gasteiger partial charge in [0.25, 0.3) is 0 Å². The fourth-order valence-corrected chi connectivity index (χ4v) is 0.406. The summed E-state index contributed by atoms with van der Waals surface area (Å²) in [4.78, 5) is 10.7. The monoisotopic (exact) mass is 140 g/mol. The number of hydrogen-bond donors (Lipinski definition) is 0. The third-order valence-corrected chi connectivity index (χ3v) is 0.626. The molecule has 0 saturated heterocycles. The van der Waals surface area contributed by atoms with Crippen molar-refractivity contribution in [2.24, 2.45) is 0 Å². The third kappa shape index (κ3) is 5.17. The number of ether oxygens (including phenoxy) is 1. The van der Waals surface area contributed by atoms with Gasteiger partial charge in [0.1, 0.15) is 5.60 Å². The minimum atomic E-state index is -0.463. The summed E-state index contributed by atoms with van der Waals surface area (Å²) in [5.74, 6) is 4.29. The van der Waals surface area contributed by atoms with Gasteiger partial charge in [-0.2, -0.15) is 0 Å². The Labute approximate surface area is 61.6 Å². The van der Waals surface area contributed by atoms with E-state index >= 15 is 0 Å². The van der Waals surface area contributed by atoms with Gasteiger partial charge in [-0.25, -0.2) is 4.79 Å². The molecule has 0 amide bonds. The van der Waals surface area contributed by atoms with Crippen LogP contribution >= 0.6 is 0 Å². The molecule has 2 nitrogen and oxygen atoms in total. The number of carbonyl (C=O) groups excluding carboxylic acids is 1. The summed E-state index contributed by atoms with van der Waals surface area (Å²) >= 11 is 0. The minimum Gasteiger partial charge on any atom is -0.450 e. The minimum absolute atomic E-state index is 0.430. The average molecular weight is 140 g/mol. The van der Waals surface area contributed by atoms with E-state index in [2.05, 4.69) is 11.8 Å². The maximum absolute atomic E-state index is 10.7. The lowest BCUT2D eigenvalue weighted by molar-refractivity contribution is -0.147. The topological polar surface area (TPSA) is 26.3 Å². The number of esters is 1. The van der Waals surface area contributed by atoms with Crippen molar-refractivity contribution in [1.82, 2.24) is 0 Å². The summed E-state index contributed by atoms with van der Waals surface area (Å²) in [5, 5.41) is 0. The van der Waals surface area contributed by atoms with Crippen LogP contribution in [0.25, 0.3) is 0 Å². The second kappa shape index (κ2) is 3.26. The van der Waals surface area contributed by atoms with Crippen LogP contribution < -0.4 is 0 Å². The summed E-state index contributed by atoms with van der Waals surface area (Å²) in [6.07, 6.45) is 0. The quantitative estimate of drug-likeness (QED) is 0.288. The van der Waals surface area contributed by atoms with Crippen LogP contribution in [0.1, 0.15) is 27.7 Å². The van der Waals surface area contributed by atoms with Crippen LogP contribution in [0.15, 0.2) is 0 Å². The van der Waals surface area contributed by atoms with Crippen LogP contribution in [-0.2, 0) is 9.53 Å². The van der Waals surface area contributed by atoms with Crippen molar-refractivity contribution < 1.29 is 9.53 Å². The van der Waals surface area contributed by atoms with Crippen molar-refractivity contribution in [3.05, 3.63) is 0 Å². The lowest BCUT2D eigenvalue weighted by Gasteiger charge is -2.16. The molecule has 0 aliphatic carbocycles. The van der Waals surface area contributed by atoms with Gasteiger partial charge in [0, 0.05) is 5.92 Å². The lowest BCUT2D eigenvalue weighted by Crippen LogP contribution is -2.22. The Morgan fingerprint density at radius 3 is 2.20 bits per heavy atom. The van der Waals surface area contributed by atoms with Crippen LogP contribution in [0, 0.1) is 11.8 Å². The molecule has 2 heteroatoms. The molecule has 0 aromatic heterocycles. The Balaban J connectivity index is 3.89. The molecule has 0 unspecified atom stereocenters. The second-order valence-corrected chi connectivity index (χ2v) is 2.88. The van der Waals surface area contributed by atoms with Gasteiger partial charge >= 0.3 is 5.97 Å². The van der Waals surface area contributed by atoms with E-state index in [1.54, 1.807) is 6.92 Å². The molecule has 0 N–H and O–H groups in total. The number of carbonyl (C=O) groups is 1. The summed E-state index contributed by atoms with van der Waals surface area (Å²) in [7, 11) is 0. The molecule has 0 fully saturated rings. The van der Waals surface area contributed by atoms with Crippen LogP contribution in [-0.4, -0.2) is 11.6 Å². The van der Waals surface area contributed by atoms with Crippen molar-refractivity contribution in [2.45, 2.75) is 33.3 Å². The standard InChI is InChI=1S/C8H12O2/c1-5-6-7(9)10-8(2,3)4/h1-4H3. The first-order valence-electron chi connectivity index (χ1n) is 3.11. The second-order valence-electron chi connectivity index (χ2n) is 2.88. The summed E-state index contributed by atoms with van der Waals surface area (Å²) in [6.45, 7) is 7.02. The first-order chi connectivity index (χ1) is 4.45. The Morgan fingerprint density at radius 2 is 1.90 bits per heavy atom. The van der Waals surface area contributed by atoms with Crippen LogP contribution in [0.2, 0.25) is 0 Å².